The maximum absolute atomic E-state index is 12.8. The summed E-state index contributed by atoms with van der Waals surface area (Å²) in [6.45, 7) is 7.85. The Kier molecular flexibility index (Phi) is 4.74. The Morgan fingerprint density at radius 2 is 2.00 bits per heavy atom. The van der Waals surface area contributed by atoms with Gasteiger partial charge in [-0.25, -0.2) is 15.0 Å². The molecular weight excluding hydrogens is 366 g/mol. The van der Waals surface area contributed by atoms with Crippen molar-refractivity contribution in [1.82, 2.24) is 29.8 Å². The van der Waals surface area contributed by atoms with Crippen molar-refractivity contribution in [3.8, 4) is 6.07 Å². The summed E-state index contributed by atoms with van der Waals surface area (Å²) in [7, 11) is 0. The first kappa shape index (κ1) is 19.0. The van der Waals surface area contributed by atoms with Crippen LogP contribution in [0.25, 0.3) is 11.2 Å². The third-order valence-electron chi connectivity index (χ3n) is 5.30. The molecule has 0 radical (unpaired) electrons. The van der Waals surface area contributed by atoms with Crippen LogP contribution in [0.4, 0.5) is 0 Å². The van der Waals surface area contributed by atoms with Crippen LogP contribution in [-0.2, 0) is 0 Å². The third kappa shape index (κ3) is 3.44. The number of pyridine rings is 1. The fraction of sp³-hybridized carbons (Fsp3) is 0.429. The highest BCUT2D eigenvalue weighted by Gasteiger charge is 2.38. The van der Waals surface area contributed by atoms with E-state index in [1.165, 1.54) is 6.20 Å². The molecule has 150 valence electrons. The number of aryl methyl sites for hydroxylation is 2. The minimum atomic E-state index is -0.265. The van der Waals surface area contributed by atoms with Gasteiger partial charge in [-0.15, -0.1) is 0 Å². The highest BCUT2D eigenvalue weighted by atomic mass is 16.2. The van der Waals surface area contributed by atoms with Crippen LogP contribution in [0.3, 0.4) is 0 Å². The van der Waals surface area contributed by atoms with E-state index in [4.69, 9.17) is 4.98 Å². The van der Waals surface area contributed by atoms with Crippen LogP contribution in [0.2, 0.25) is 0 Å². The molecule has 3 aromatic rings. The van der Waals surface area contributed by atoms with Gasteiger partial charge in [0.15, 0.2) is 5.65 Å². The van der Waals surface area contributed by atoms with Crippen molar-refractivity contribution >= 4 is 17.1 Å². The molecule has 8 nitrogen and oxygen atoms in total. The standard InChI is InChI=1S/C21H23N7O.H2/c1-11(2)28-19-17(13(4)15(7-22)9-25-19)26-20(28)18(14-5-6-14)27-21(29)16-10-23-12(3)8-24-16;/h8-11,14,18H,5-6H2,1-4H3,(H,27,29);1H/t18-;/m0./s1. The Hall–Kier alpha value is -3.34. The lowest BCUT2D eigenvalue weighted by Crippen LogP contribution is -2.33. The number of carbonyl (C=O) groups is 1. The third-order valence-corrected chi connectivity index (χ3v) is 5.30. The summed E-state index contributed by atoms with van der Waals surface area (Å²) < 4.78 is 2.06. The molecule has 0 bridgehead atoms. The molecular formula is C21H25N7O. The summed E-state index contributed by atoms with van der Waals surface area (Å²) in [5, 5.41) is 12.5. The van der Waals surface area contributed by atoms with Crippen LogP contribution >= 0.6 is 0 Å². The van der Waals surface area contributed by atoms with E-state index in [0.717, 1.165) is 35.6 Å². The Morgan fingerprint density at radius 1 is 1.24 bits per heavy atom. The maximum Gasteiger partial charge on any atom is 0.272 e. The Bertz CT molecular complexity index is 1130. The monoisotopic (exact) mass is 391 g/mol. The number of rotatable bonds is 5. The lowest BCUT2D eigenvalue weighted by atomic mass is 10.1. The number of imidazole rings is 1. The van der Waals surface area contributed by atoms with E-state index in [0.29, 0.717) is 17.0 Å². The highest BCUT2D eigenvalue weighted by molar-refractivity contribution is 5.92. The van der Waals surface area contributed by atoms with E-state index in [9.17, 15) is 10.1 Å². The molecule has 8 heteroatoms. The molecule has 1 fully saturated rings. The zero-order chi connectivity index (χ0) is 20.7. The SMILES string of the molecule is Cc1cnc(C(=O)N[C@H](c2nc3c(C)c(C#N)cnc3n2C(C)C)C2CC2)cn1.[HH]. The van der Waals surface area contributed by atoms with E-state index < -0.39 is 0 Å². The quantitative estimate of drug-likeness (QED) is 0.714. The second-order valence-corrected chi connectivity index (χ2v) is 7.85. The van der Waals surface area contributed by atoms with Gasteiger partial charge < -0.3 is 9.88 Å². The predicted molar refractivity (Wildman–Crippen MR) is 109 cm³/mol. The molecule has 1 N–H and O–H groups in total. The number of fused-ring (bicyclic) bond motifs is 1. The van der Waals surface area contributed by atoms with Crippen molar-refractivity contribution in [2.45, 2.75) is 52.6 Å². The molecule has 4 rings (SSSR count). The number of hydrogen-bond donors (Lipinski definition) is 1. The number of nitrogens with zero attached hydrogens (tertiary/aromatic N) is 6. The summed E-state index contributed by atoms with van der Waals surface area (Å²) in [4.78, 5) is 30.6. The van der Waals surface area contributed by atoms with Gasteiger partial charge in [0.05, 0.1) is 23.5 Å². The second kappa shape index (κ2) is 7.24. The normalized spacial score (nSPS) is 14.8. The maximum atomic E-state index is 12.8. The van der Waals surface area contributed by atoms with Gasteiger partial charge in [0.1, 0.15) is 23.1 Å². The lowest BCUT2D eigenvalue weighted by Gasteiger charge is -2.21. The van der Waals surface area contributed by atoms with Gasteiger partial charge in [0.2, 0.25) is 0 Å². The predicted octanol–water partition coefficient (Wildman–Crippen LogP) is 3.42. The number of hydrogen-bond acceptors (Lipinski definition) is 6. The molecule has 1 amide bonds. The Labute approximate surface area is 170 Å². The van der Waals surface area contributed by atoms with Crippen molar-refractivity contribution in [3.63, 3.8) is 0 Å². The molecule has 1 aliphatic carbocycles. The molecule has 3 aromatic heterocycles. The summed E-state index contributed by atoms with van der Waals surface area (Å²) >= 11 is 0. The summed E-state index contributed by atoms with van der Waals surface area (Å²) in [5.74, 6) is 0.832. The van der Waals surface area contributed by atoms with E-state index in [1.54, 1.807) is 12.4 Å². The van der Waals surface area contributed by atoms with E-state index in [-0.39, 0.29) is 25.1 Å². The van der Waals surface area contributed by atoms with Gasteiger partial charge in [-0.2, -0.15) is 5.26 Å². The van der Waals surface area contributed by atoms with Gasteiger partial charge >= 0.3 is 0 Å². The minimum absolute atomic E-state index is 0. The summed E-state index contributed by atoms with van der Waals surface area (Å²) in [6.07, 6.45) is 6.73. The number of nitrogens with one attached hydrogen (secondary N) is 1. The average Bonchev–Trinajstić information content (AvgIpc) is 3.46. The molecule has 0 spiro atoms. The molecule has 1 atom stereocenters. The fourth-order valence-electron chi connectivity index (χ4n) is 3.56. The molecule has 1 aliphatic rings. The molecule has 0 unspecified atom stereocenters. The van der Waals surface area contributed by atoms with Crippen molar-refractivity contribution in [2.24, 2.45) is 5.92 Å². The molecule has 29 heavy (non-hydrogen) atoms. The number of nitriles is 1. The molecule has 0 saturated heterocycles. The largest absolute Gasteiger partial charge is 0.340 e. The molecule has 1 saturated carbocycles. The van der Waals surface area contributed by atoms with Gasteiger partial charge in [0, 0.05) is 19.9 Å². The zero-order valence-corrected chi connectivity index (χ0v) is 17.0. The van der Waals surface area contributed by atoms with Gasteiger partial charge in [0.25, 0.3) is 5.91 Å². The van der Waals surface area contributed by atoms with Crippen LogP contribution in [0.15, 0.2) is 18.6 Å². The van der Waals surface area contributed by atoms with E-state index in [2.05, 4.69) is 44.8 Å². The van der Waals surface area contributed by atoms with Crippen LogP contribution in [-0.4, -0.2) is 30.4 Å². The summed E-state index contributed by atoms with van der Waals surface area (Å²) in [6, 6.07) is 2.03. The number of aromatic nitrogens is 5. The van der Waals surface area contributed by atoms with Gasteiger partial charge in [-0.3, -0.25) is 9.78 Å². The first-order valence-corrected chi connectivity index (χ1v) is 9.77. The smallest absolute Gasteiger partial charge is 0.272 e. The van der Waals surface area contributed by atoms with Gasteiger partial charge in [-0.05, 0) is 52.0 Å². The van der Waals surface area contributed by atoms with Crippen molar-refractivity contribution in [3.05, 3.63) is 46.9 Å². The highest BCUT2D eigenvalue weighted by Crippen LogP contribution is 2.42. The first-order chi connectivity index (χ1) is 13.9. The molecule has 3 heterocycles. The van der Waals surface area contributed by atoms with E-state index >= 15 is 0 Å². The topological polar surface area (TPSA) is 109 Å². The Morgan fingerprint density at radius 3 is 2.59 bits per heavy atom. The van der Waals surface area contributed by atoms with Crippen LogP contribution in [0.1, 0.15) is 73.3 Å². The lowest BCUT2D eigenvalue weighted by molar-refractivity contribution is 0.0923. The second-order valence-electron chi connectivity index (χ2n) is 7.85. The average molecular weight is 391 g/mol. The van der Waals surface area contributed by atoms with Crippen molar-refractivity contribution in [2.75, 3.05) is 0 Å². The van der Waals surface area contributed by atoms with E-state index in [1.807, 2.05) is 13.8 Å². The van der Waals surface area contributed by atoms with Crippen LogP contribution in [0, 0.1) is 31.1 Å². The first-order valence-electron chi connectivity index (χ1n) is 9.77. The van der Waals surface area contributed by atoms with Crippen LogP contribution in [0.5, 0.6) is 0 Å². The Balaban J connectivity index is 0.00000256. The summed E-state index contributed by atoms with van der Waals surface area (Å²) in [5.41, 5.74) is 3.82. The molecule has 0 aromatic carbocycles. The van der Waals surface area contributed by atoms with Crippen molar-refractivity contribution < 1.29 is 6.22 Å². The number of carbonyl (C=O) groups excluding carboxylic acids is 1. The minimum Gasteiger partial charge on any atom is -0.340 e. The zero-order valence-electron chi connectivity index (χ0n) is 17.0. The number of amides is 1. The fourth-order valence-corrected chi connectivity index (χ4v) is 3.56. The molecule has 0 aliphatic heterocycles. The van der Waals surface area contributed by atoms with Crippen molar-refractivity contribution in [1.29, 1.82) is 5.26 Å². The van der Waals surface area contributed by atoms with Gasteiger partial charge in [-0.1, -0.05) is 0 Å². The van der Waals surface area contributed by atoms with Crippen LogP contribution < -0.4 is 5.32 Å².